The van der Waals surface area contributed by atoms with Crippen LogP contribution in [-0.2, 0) is 14.3 Å². The Kier molecular flexibility index (Phi) is 5.39. The summed E-state index contributed by atoms with van der Waals surface area (Å²) in [6, 6.07) is 2.07. The summed E-state index contributed by atoms with van der Waals surface area (Å²) in [4.78, 5) is 13.8. The lowest BCUT2D eigenvalue weighted by Crippen LogP contribution is -2.35. The number of hydrogen-bond donors (Lipinski definition) is 0. The molecule has 1 rings (SSSR count). The Morgan fingerprint density at radius 2 is 1.94 bits per heavy atom. The minimum Gasteiger partial charge on any atom is -0.377 e. The number of amides is 1. The molecule has 1 aliphatic rings. The third-order valence-electron chi connectivity index (χ3n) is 3.16. The zero-order valence-electron chi connectivity index (χ0n) is 10.7. The lowest BCUT2D eigenvalue weighted by atomic mass is 10.0. The maximum absolute atomic E-state index is 12.1. The fourth-order valence-electron chi connectivity index (χ4n) is 2.13. The van der Waals surface area contributed by atoms with E-state index < -0.39 is 5.92 Å². The maximum atomic E-state index is 12.1. The normalized spacial score (nSPS) is 25.6. The van der Waals surface area contributed by atoms with Crippen molar-refractivity contribution in [3.8, 4) is 6.07 Å². The van der Waals surface area contributed by atoms with Gasteiger partial charge in [-0.3, -0.25) is 4.79 Å². The minimum atomic E-state index is -0.534. The summed E-state index contributed by atoms with van der Waals surface area (Å²) in [5.41, 5.74) is 0. The molecular weight excluding hydrogens is 220 g/mol. The van der Waals surface area contributed by atoms with Gasteiger partial charge in [-0.2, -0.15) is 5.26 Å². The van der Waals surface area contributed by atoms with Gasteiger partial charge in [0, 0.05) is 27.3 Å². The molecule has 0 aromatic carbocycles. The fraction of sp³-hybridized carbons (Fsp3) is 0.833. The van der Waals surface area contributed by atoms with Gasteiger partial charge in [0.1, 0.15) is 18.1 Å². The van der Waals surface area contributed by atoms with Gasteiger partial charge in [-0.15, -0.1) is 0 Å². The van der Waals surface area contributed by atoms with Gasteiger partial charge in [-0.05, 0) is 6.42 Å². The van der Waals surface area contributed by atoms with Gasteiger partial charge in [0.25, 0.3) is 0 Å². The Bertz CT molecular complexity index is 289. The molecular formula is C12H20N2O3. The molecule has 0 aromatic heterocycles. The summed E-state index contributed by atoms with van der Waals surface area (Å²) in [7, 11) is 3.22. The fourth-order valence-corrected chi connectivity index (χ4v) is 2.13. The topological polar surface area (TPSA) is 62.6 Å². The zero-order chi connectivity index (χ0) is 12.8. The molecule has 3 unspecified atom stereocenters. The smallest absolute Gasteiger partial charge is 0.240 e. The summed E-state index contributed by atoms with van der Waals surface area (Å²) in [6.45, 7) is 2.99. The SMILES string of the molecule is CCCC(C#N)C(=O)N1CC(OC)C(OC)C1. The van der Waals surface area contributed by atoms with E-state index in [1.165, 1.54) is 0 Å². The highest BCUT2D eigenvalue weighted by Gasteiger charge is 2.37. The summed E-state index contributed by atoms with van der Waals surface area (Å²) in [5.74, 6) is -0.635. The summed E-state index contributed by atoms with van der Waals surface area (Å²) in [6.07, 6.45) is 1.26. The van der Waals surface area contributed by atoms with E-state index in [1.54, 1.807) is 19.1 Å². The number of ether oxygens (including phenoxy) is 2. The second-order valence-corrected chi connectivity index (χ2v) is 4.26. The first-order valence-corrected chi connectivity index (χ1v) is 5.91. The van der Waals surface area contributed by atoms with Crippen LogP contribution in [0.5, 0.6) is 0 Å². The Morgan fingerprint density at radius 3 is 2.29 bits per heavy atom. The van der Waals surface area contributed by atoms with Crippen LogP contribution in [-0.4, -0.2) is 50.3 Å². The quantitative estimate of drug-likeness (QED) is 0.713. The van der Waals surface area contributed by atoms with Crippen molar-refractivity contribution in [3.63, 3.8) is 0 Å². The molecule has 17 heavy (non-hydrogen) atoms. The predicted octanol–water partition coefficient (Wildman–Crippen LogP) is 0.798. The predicted molar refractivity (Wildman–Crippen MR) is 62.2 cm³/mol. The second kappa shape index (κ2) is 6.58. The van der Waals surface area contributed by atoms with E-state index in [0.29, 0.717) is 19.5 Å². The second-order valence-electron chi connectivity index (χ2n) is 4.26. The highest BCUT2D eigenvalue weighted by atomic mass is 16.5. The van der Waals surface area contributed by atoms with E-state index in [-0.39, 0.29) is 18.1 Å². The van der Waals surface area contributed by atoms with Crippen molar-refractivity contribution >= 4 is 5.91 Å². The van der Waals surface area contributed by atoms with Crippen molar-refractivity contribution in [2.75, 3.05) is 27.3 Å². The van der Waals surface area contributed by atoms with Crippen molar-refractivity contribution in [3.05, 3.63) is 0 Å². The molecule has 0 aliphatic carbocycles. The minimum absolute atomic E-state index is 0.0927. The molecule has 5 nitrogen and oxygen atoms in total. The number of rotatable bonds is 5. The molecule has 0 aromatic rings. The lowest BCUT2D eigenvalue weighted by molar-refractivity contribution is -0.133. The van der Waals surface area contributed by atoms with Gasteiger partial charge >= 0.3 is 0 Å². The van der Waals surface area contributed by atoms with E-state index in [0.717, 1.165) is 6.42 Å². The molecule has 0 bridgehead atoms. The Labute approximate surface area is 102 Å². The van der Waals surface area contributed by atoms with E-state index in [9.17, 15) is 4.79 Å². The number of nitrogens with zero attached hydrogens (tertiary/aromatic N) is 2. The standard InChI is InChI=1S/C12H20N2O3/c1-4-5-9(6-13)12(15)14-7-10(16-2)11(8-14)17-3/h9-11H,4-5,7-8H2,1-3H3. The third-order valence-corrected chi connectivity index (χ3v) is 3.16. The van der Waals surface area contributed by atoms with Crippen LogP contribution < -0.4 is 0 Å². The maximum Gasteiger partial charge on any atom is 0.240 e. The molecule has 1 fully saturated rings. The van der Waals surface area contributed by atoms with Gasteiger partial charge < -0.3 is 14.4 Å². The van der Waals surface area contributed by atoms with E-state index in [1.807, 2.05) is 6.92 Å². The molecule has 0 N–H and O–H groups in total. The average molecular weight is 240 g/mol. The van der Waals surface area contributed by atoms with Crippen molar-refractivity contribution < 1.29 is 14.3 Å². The summed E-state index contributed by atoms with van der Waals surface area (Å²) >= 11 is 0. The number of nitriles is 1. The monoisotopic (exact) mass is 240 g/mol. The van der Waals surface area contributed by atoms with Gasteiger partial charge in [0.05, 0.1) is 6.07 Å². The number of likely N-dealkylation sites (tertiary alicyclic amines) is 1. The average Bonchev–Trinajstić information content (AvgIpc) is 2.78. The van der Waals surface area contributed by atoms with Crippen molar-refractivity contribution in [2.24, 2.45) is 5.92 Å². The van der Waals surface area contributed by atoms with Crippen LogP contribution in [0.25, 0.3) is 0 Å². The lowest BCUT2D eigenvalue weighted by Gasteiger charge is -2.18. The Balaban J connectivity index is 2.63. The highest BCUT2D eigenvalue weighted by Crippen LogP contribution is 2.19. The molecule has 3 atom stereocenters. The van der Waals surface area contributed by atoms with E-state index in [2.05, 4.69) is 6.07 Å². The Morgan fingerprint density at radius 1 is 1.41 bits per heavy atom. The number of methoxy groups -OCH3 is 2. The van der Waals surface area contributed by atoms with Gasteiger partial charge in [0.15, 0.2) is 0 Å². The molecule has 96 valence electrons. The van der Waals surface area contributed by atoms with Gasteiger partial charge in [-0.25, -0.2) is 0 Å². The first kappa shape index (κ1) is 13.9. The van der Waals surface area contributed by atoms with E-state index >= 15 is 0 Å². The van der Waals surface area contributed by atoms with Crippen LogP contribution >= 0.6 is 0 Å². The van der Waals surface area contributed by atoms with Crippen LogP contribution in [0.2, 0.25) is 0 Å². The Hall–Kier alpha value is -1.12. The molecule has 1 amide bonds. The molecule has 1 saturated heterocycles. The molecule has 1 aliphatic heterocycles. The van der Waals surface area contributed by atoms with Crippen LogP contribution in [0.4, 0.5) is 0 Å². The van der Waals surface area contributed by atoms with Crippen molar-refractivity contribution in [2.45, 2.75) is 32.0 Å². The van der Waals surface area contributed by atoms with E-state index in [4.69, 9.17) is 14.7 Å². The third kappa shape index (κ3) is 3.18. The molecule has 0 spiro atoms. The van der Waals surface area contributed by atoms with Gasteiger partial charge in [-0.1, -0.05) is 13.3 Å². The number of hydrogen-bond acceptors (Lipinski definition) is 4. The first-order chi connectivity index (χ1) is 8.17. The first-order valence-electron chi connectivity index (χ1n) is 5.91. The van der Waals surface area contributed by atoms with Crippen molar-refractivity contribution in [1.82, 2.24) is 4.90 Å². The molecule has 0 radical (unpaired) electrons. The zero-order valence-corrected chi connectivity index (χ0v) is 10.7. The molecule has 5 heteroatoms. The summed E-state index contributed by atoms with van der Waals surface area (Å²) in [5, 5.41) is 8.97. The number of carbonyl (C=O) groups is 1. The highest BCUT2D eigenvalue weighted by molar-refractivity contribution is 5.81. The van der Waals surface area contributed by atoms with Crippen molar-refractivity contribution in [1.29, 1.82) is 5.26 Å². The number of carbonyl (C=O) groups excluding carboxylic acids is 1. The van der Waals surface area contributed by atoms with Crippen LogP contribution in [0, 0.1) is 17.2 Å². The largest absolute Gasteiger partial charge is 0.377 e. The van der Waals surface area contributed by atoms with Gasteiger partial charge in [0.2, 0.25) is 5.91 Å². The van der Waals surface area contributed by atoms with Crippen LogP contribution in [0.15, 0.2) is 0 Å². The van der Waals surface area contributed by atoms with Crippen LogP contribution in [0.1, 0.15) is 19.8 Å². The summed E-state index contributed by atoms with van der Waals surface area (Å²) < 4.78 is 10.5. The van der Waals surface area contributed by atoms with Crippen LogP contribution in [0.3, 0.4) is 0 Å². The molecule has 0 saturated carbocycles. The molecule has 1 heterocycles.